The molecule has 26 heavy (non-hydrogen) atoms. The number of ether oxygens (including phenoxy) is 2. The lowest BCUT2D eigenvalue weighted by atomic mass is 9.79. The number of likely N-dealkylation sites (tertiary alicyclic amines) is 1. The van der Waals surface area contributed by atoms with Gasteiger partial charge in [-0.2, -0.15) is 5.10 Å². The number of fused-ring (bicyclic) bond motifs is 1. The highest BCUT2D eigenvalue weighted by molar-refractivity contribution is 5.95. The standard InChI is InChI=1S/C20H25N3O3/c1-25-17-7-8-20(26-2)9-12-22(18(20)14-17)19(24)15-5-3-6-16(13-15)23-11-4-10-21-23/h3-6,10-11,13,17-18H,7-9,12,14H2,1-2H3/t17-,18+,20-/m1/s1. The first kappa shape index (κ1) is 17.2. The van der Waals surface area contributed by atoms with Crippen LogP contribution < -0.4 is 0 Å². The summed E-state index contributed by atoms with van der Waals surface area (Å²) in [5, 5.41) is 4.25. The molecule has 6 heteroatoms. The van der Waals surface area contributed by atoms with Gasteiger partial charge in [0.25, 0.3) is 5.91 Å². The number of rotatable bonds is 4. The minimum atomic E-state index is -0.232. The molecule has 1 aliphatic heterocycles. The molecule has 1 aromatic carbocycles. The molecule has 6 nitrogen and oxygen atoms in total. The molecule has 2 heterocycles. The van der Waals surface area contributed by atoms with Gasteiger partial charge < -0.3 is 14.4 Å². The average Bonchev–Trinajstić information content (AvgIpc) is 3.35. The Labute approximate surface area is 153 Å². The van der Waals surface area contributed by atoms with Gasteiger partial charge in [0.1, 0.15) is 0 Å². The molecule has 1 aliphatic carbocycles. The number of carbonyl (C=O) groups is 1. The molecule has 2 aliphatic rings. The molecular weight excluding hydrogens is 330 g/mol. The SMILES string of the molecule is CO[C@@H]1CC[C@@]2(OC)CCN(C(=O)c3cccc(-n4cccn4)c3)[C@H]2C1. The van der Waals surface area contributed by atoms with Crippen LogP contribution in [-0.4, -0.2) is 59.1 Å². The zero-order valence-corrected chi connectivity index (χ0v) is 15.3. The van der Waals surface area contributed by atoms with Crippen LogP contribution in [0.3, 0.4) is 0 Å². The normalized spacial score (nSPS) is 28.2. The first-order valence-electron chi connectivity index (χ1n) is 9.16. The number of benzene rings is 1. The lowest BCUT2D eigenvalue weighted by molar-refractivity contribution is -0.0893. The summed E-state index contributed by atoms with van der Waals surface area (Å²) in [7, 11) is 3.52. The lowest BCUT2D eigenvalue weighted by Crippen LogP contribution is -2.53. The van der Waals surface area contributed by atoms with Gasteiger partial charge >= 0.3 is 0 Å². The van der Waals surface area contributed by atoms with Crippen molar-refractivity contribution in [1.29, 1.82) is 0 Å². The third-order valence-corrected chi connectivity index (χ3v) is 6.00. The van der Waals surface area contributed by atoms with Gasteiger partial charge in [-0.05, 0) is 49.9 Å². The topological polar surface area (TPSA) is 56.6 Å². The number of hydrogen-bond donors (Lipinski definition) is 0. The summed E-state index contributed by atoms with van der Waals surface area (Å²) in [5.41, 5.74) is 1.34. The fourth-order valence-corrected chi connectivity index (χ4v) is 4.49. The maximum absolute atomic E-state index is 13.3. The van der Waals surface area contributed by atoms with Crippen molar-refractivity contribution in [2.45, 2.75) is 43.4 Å². The summed E-state index contributed by atoms with van der Waals surface area (Å²) < 4.78 is 13.3. The van der Waals surface area contributed by atoms with Crippen LogP contribution in [0.15, 0.2) is 42.7 Å². The number of hydrogen-bond acceptors (Lipinski definition) is 4. The summed E-state index contributed by atoms with van der Waals surface area (Å²) in [6.45, 7) is 0.722. The molecule has 0 bridgehead atoms. The molecule has 1 saturated carbocycles. The Bertz CT molecular complexity index is 776. The molecule has 1 amide bonds. The highest BCUT2D eigenvalue weighted by Gasteiger charge is 2.52. The molecule has 0 radical (unpaired) electrons. The predicted molar refractivity (Wildman–Crippen MR) is 97.4 cm³/mol. The van der Waals surface area contributed by atoms with Crippen LogP contribution >= 0.6 is 0 Å². The number of carbonyl (C=O) groups excluding carboxylic acids is 1. The van der Waals surface area contributed by atoms with Crippen molar-refractivity contribution < 1.29 is 14.3 Å². The molecule has 0 spiro atoms. The number of amides is 1. The van der Waals surface area contributed by atoms with E-state index in [0.29, 0.717) is 5.56 Å². The highest BCUT2D eigenvalue weighted by Crippen LogP contribution is 2.43. The van der Waals surface area contributed by atoms with Crippen LogP contribution in [0.25, 0.3) is 5.69 Å². The van der Waals surface area contributed by atoms with E-state index in [1.807, 2.05) is 41.4 Å². The largest absolute Gasteiger partial charge is 0.381 e. The molecule has 3 atom stereocenters. The minimum Gasteiger partial charge on any atom is -0.381 e. The number of methoxy groups -OCH3 is 2. The Kier molecular flexibility index (Phi) is 4.54. The number of nitrogens with zero attached hydrogens (tertiary/aromatic N) is 3. The summed E-state index contributed by atoms with van der Waals surface area (Å²) in [4.78, 5) is 15.3. The molecule has 1 aromatic heterocycles. The fourth-order valence-electron chi connectivity index (χ4n) is 4.49. The van der Waals surface area contributed by atoms with Crippen LogP contribution in [0.1, 0.15) is 36.0 Å². The Balaban J connectivity index is 1.61. The van der Waals surface area contributed by atoms with Gasteiger partial charge in [0.15, 0.2) is 0 Å². The van der Waals surface area contributed by atoms with Crippen molar-refractivity contribution in [3.63, 3.8) is 0 Å². The van der Waals surface area contributed by atoms with E-state index in [9.17, 15) is 4.79 Å². The Hall–Kier alpha value is -2.18. The smallest absolute Gasteiger partial charge is 0.254 e. The zero-order valence-electron chi connectivity index (χ0n) is 15.3. The van der Waals surface area contributed by atoms with Gasteiger partial charge in [0.2, 0.25) is 0 Å². The molecular formula is C20H25N3O3. The Morgan fingerprint density at radius 3 is 2.88 bits per heavy atom. The lowest BCUT2D eigenvalue weighted by Gasteiger charge is -2.43. The second-order valence-corrected chi connectivity index (χ2v) is 7.17. The van der Waals surface area contributed by atoms with E-state index in [1.54, 1.807) is 25.1 Å². The molecule has 0 unspecified atom stereocenters. The van der Waals surface area contributed by atoms with Crippen LogP contribution in [0.5, 0.6) is 0 Å². The number of aromatic nitrogens is 2. The van der Waals surface area contributed by atoms with Gasteiger partial charge in [-0.3, -0.25) is 4.79 Å². The first-order valence-corrected chi connectivity index (χ1v) is 9.16. The van der Waals surface area contributed by atoms with Crippen molar-refractivity contribution in [2.24, 2.45) is 0 Å². The maximum atomic E-state index is 13.3. The summed E-state index contributed by atoms with van der Waals surface area (Å²) in [5.74, 6) is 0.0553. The predicted octanol–water partition coefficient (Wildman–Crippen LogP) is 2.67. The van der Waals surface area contributed by atoms with E-state index in [-0.39, 0.29) is 23.7 Å². The second-order valence-electron chi connectivity index (χ2n) is 7.17. The van der Waals surface area contributed by atoms with Crippen LogP contribution in [-0.2, 0) is 9.47 Å². The van der Waals surface area contributed by atoms with Gasteiger partial charge in [0, 0.05) is 38.7 Å². The van der Waals surface area contributed by atoms with Crippen LogP contribution in [0.2, 0.25) is 0 Å². The van der Waals surface area contributed by atoms with E-state index < -0.39 is 0 Å². The summed E-state index contributed by atoms with van der Waals surface area (Å²) in [6, 6.07) is 9.57. The van der Waals surface area contributed by atoms with E-state index in [4.69, 9.17) is 9.47 Å². The molecule has 2 aromatic rings. The van der Waals surface area contributed by atoms with E-state index in [1.165, 1.54) is 0 Å². The molecule has 0 N–H and O–H groups in total. The third-order valence-electron chi connectivity index (χ3n) is 6.00. The van der Waals surface area contributed by atoms with Crippen molar-refractivity contribution in [3.05, 3.63) is 48.3 Å². The Morgan fingerprint density at radius 1 is 1.27 bits per heavy atom. The van der Waals surface area contributed by atoms with Gasteiger partial charge in [-0.1, -0.05) is 6.07 Å². The fraction of sp³-hybridized carbons (Fsp3) is 0.500. The first-order chi connectivity index (χ1) is 12.7. The zero-order chi connectivity index (χ0) is 18.1. The van der Waals surface area contributed by atoms with E-state index >= 15 is 0 Å². The van der Waals surface area contributed by atoms with Crippen LogP contribution in [0.4, 0.5) is 0 Å². The van der Waals surface area contributed by atoms with Crippen molar-refractivity contribution >= 4 is 5.91 Å². The van der Waals surface area contributed by atoms with Gasteiger partial charge in [-0.25, -0.2) is 4.68 Å². The van der Waals surface area contributed by atoms with Crippen molar-refractivity contribution in [3.8, 4) is 5.69 Å². The Morgan fingerprint density at radius 2 is 2.15 bits per heavy atom. The molecule has 138 valence electrons. The van der Waals surface area contributed by atoms with Gasteiger partial charge in [0.05, 0.1) is 23.4 Å². The summed E-state index contributed by atoms with van der Waals surface area (Å²) >= 11 is 0. The second kappa shape index (κ2) is 6.85. The van der Waals surface area contributed by atoms with E-state index in [2.05, 4.69) is 5.10 Å². The van der Waals surface area contributed by atoms with Crippen LogP contribution in [0, 0.1) is 0 Å². The third kappa shape index (κ3) is 2.83. The van der Waals surface area contributed by atoms with Gasteiger partial charge in [-0.15, -0.1) is 0 Å². The van der Waals surface area contributed by atoms with Crippen molar-refractivity contribution in [1.82, 2.24) is 14.7 Å². The van der Waals surface area contributed by atoms with E-state index in [0.717, 1.165) is 37.9 Å². The average molecular weight is 355 g/mol. The molecule has 1 saturated heterocycles. The minimum absolute atomic E-state index is 0.0553. The molecule has 4 rings (SSSR count). The van der Waals surface area contributed by atoms with Crippen molar-refractivity contribution in [2.75, 3.05) is 20.8 Å². The maximum Gasteiger partial charge on any atom is 0.254 e. The highest BCUT2D eigenvalue weighted by atomic mass is 16.5. The summed E-state index contributed by atoms with van der Waals surface area (Å²) in [6.07, 6.45) is 7.42. The monoisotopic (exact) mass is 355 g/mol. The quantitative estimate of drug-likeness (QED) is 0.846. The molecule has 2 fully saturated rings.